The Morgan fingerprint density at radius 1 is 1.19 bits per heavy atom. The lowest BCUT2D eigenvalue weighted by molar-refractivity contribution is 0.633. The van der Waals surface area contributed by atoms with Crippen molar-refractivity contribution in [3.05, 3.63) is 46.8 Å². The topological polar surface area (TPSA) is 30.7 Å². The van der Waals surface area contributed by atoms with Crippen molar-refractivity contribution in [2.75, 3.05) is 0 Å². The Labute approximate surface area is 100 Å². The molecule has 2 rings (SSSR count). The van der Waals surface area contributed by atoms with Crippen LogP contribution in [0.25, 0.3) is 0 Å². The van der Waals surface area contributed by atoms with Gasteiger partial charge >= 0.3 is 0 Å². The van der Waals surface area contributed by atoms with Gasteiger partial charge < -0.3 is 0 Å². The molecule has 3 nitrogen and oxygen atoms in total. The minimum Gasteiger partial charge on any atom is -0.245 e. The summed E-state index contributed by atoms with van der Waals surface area (Å²) in [7, 11) is 0. The third-order valence-corrected chi connectivity index (χ3v) is 2.91. The number of alkyl halides is 1. The van der Waals surface area contributed by atoms with Crippen molar-refractivity contribution < 1.29 is 0 Å². The molecular weight excluding hydrogens is 222 g/mol. The Bertz CT molecular complexity index is 474. The third kappa shape index (κ3) is 2.25. The molecule has 0 aliphatic heterocycles. The molecule has 0 saturated heterocycles. The van der Waals surface area contributed by atoms with Crippen molar-refractivity contribution >= 4 is 11.6 Å². The van der Waals surface area contributed by atoms with Crippen LogP contribution in [0, 0.1) is 13.8 Å². The van der Waals surface area contributed by atoms with Crippen molar-refractivity contribution in [2.45, 2.75) is 26.3 Å². The Morgan fingerprint density at radius 3 is 2.44 bits per heavy atom. The Hall–Kier alpha value is -1.35. The molecule has 2 aromatic rings. The summed E-state index contributed by atoms with van der Waals surface area (Å²) in [5, 5.41) is 8.12. The first-order valence-electron chi connectivity index (χ1n) is 5.21. The lowest BCUT2D eigenvalue weighted by Gasteiger charge is -2.04. The number of hydrogen-bond acceptors (Lipinski definition) is 2. The van der Waals surface area contributed by atoms with E-state index in [1.165, 1.54) is 11.1 Å². The molecule has 1 aromatic carbocycles. The van der Waals surface area contributed by atoms with E-state index in [1.807, 2.05) is 11.6 Å². The molecule has 84 valence electrons. The van der Waals surface area contributed by atoms with Crippen LogP contribution in [0.15, 0.2) is 24.3 Å². The van der Waals surface area contributed by atoms with Crippen LogP contribution >= 0.6 is 11.6 Å². The molecule has 0 aliphatic carbocycles. The van der Waals surface area contributed by atoms with E-state index in [9.17, 15) is 0 Å². The van der Waals surface area contributed by atoms with E-state index in [2.05, 4.69) is 41.5 Å². The first-order chi connectivity index (χ1) is 7.70. The summed E-state index contributed by atoms with van der Waals surface area (Å²) in [5.41, 5.74) is 4.38. The van der Waals surface area contributed by atoms with Crippen molar-refractivity contribution in [2.24, 2.45) is 0 Å². The van der Waals surface area contributed by atoms with Crippen LogP contribution < -0.4 is 0 Å². The van der Waals surface area contributed by atoms with E-state index >= 15 is 0 Å². The Morgan fingerprint density at radius 2 is 1.88 bits per heavy atom. The zero-order chi connectivity index (χ0) is 11.5. The van der Waals surface area contributed by atoms with Gasteiger partial charge in [-0.1, -0.05) is 35.0 Å². The molecule has 4 heteroatoms. The van der Waals surface area contributed by atoms with Gasteiger partial charge in [0.1, 0.15) is 5.69 Å². The number of nitrogens with zero attached hydrogens (tertiary/aromatic N) is 3. The highest BCUT2D eigenvalue weighted by atomic mass is 35.5. The standard InChI is InChI=1S/C12H14ClN3/c1-9-3-5-11(6-4-9)8-16-10(2)12(7-13)14-15-16/h3-6H,7-8H2,1-2H3. The largest absolute Gasteiger partial charge is 0.245 e. The first-order valence-corrected chi connectivity index (χ1v) is 5.74. The summed E-state index contributed by atoms with van der Waals surface area (Å²) in [5.74, 6) is 0.416. The number of aromatic nitrogens is 3. The van der Waals surface area contributed by atoms with Crippen molar-refractivity contribution in [1.29, 1.82) is 0 Å². The SMILES string of the molecule is Cc1ccc(Cn2nnc(CCl)c2C)cc1. The van der Waals surface area contributed by atoms with Gasteiger partial charge in [0, 0.05) is 0 Å². The number of halogens is 1. The van der Waals surface area contributed by atoms with Crippen LogP contribution in [0.3, 0.4) is 0 Å². The zero-order valence-corrected chi connectivity index (χ0v) is 10.2. The second-order valence-corrected chi connectivity index (χ2v) is 4.17. The summed E-state index contributed by atoms with van der Waals surface area (Å²) in [6.45, 7) is 4.82. The fraction of sp³-hybridized carbons (Fsp3) is 0.333. The maximum absolute atomic E-state index is 5.75. The predicted molar refractivity (Wildman–Crippen MR) is 64.6 cm³/mol. The van der Waals surface area contributed by atoms with Crippen molar-refractivity contribution in [3.63, 3.8) is 0 Å². The molecule has 0 spiro atoms. The average Bonchev–Trinajstić information content (AvgIpc) is 2.63. The summed E-state index contributed by atoms with van der Waals surface area (Å²) in [6.07, 6.45) is 0. The Kier molecular flexibility index (Phi) is 3.25. The fourth-order valence-electron chi connectivity index (χ4n) is 1.54. The quantitative estimate of drug-likeness (QED) is 0.766. The fourth-order valence-corrected chi connectivity index (χ4v) is 1.78. The number of hydrogen-bond donors (Lipinski definition) is 0. The van der Waals surface area contributed by atoms with E-state index in [4.69, 9.17) is 11.6 Å². The second-order valence-electron chi connectivity index (χ2n) is 3.90. The first kappa shape index (κ1) is 11.1. The van der Waals surface area contributed by atoms with E-state index in [-0.39, 0.29) is 0 Å². The van der Waals surface area contributed by atoms with E-state index < -0.39 is 0 Å². The van der Waals surface area contributed by atoms with Crippen LogP contribution in [0.2, 0.25) is 0 Å². The molecule has 0 radical (unpaired) electrons. The molecule has 1 aromatic heterocycles. The van der Waals surface area contributed by atoms with Crippen LogP contribution in [0.4, 0.5) is 0 Å². The lowest BCUT2D eigenvalue weighted by atomic mass is 10.1. The highest BCUT2D eigenvalue weighted by Gasteiger charge is 2.07. The highest BCUT2D eigenvalue weighted by Crippen LogP contribution is 2.10. The van der Waals surface area contributed by atoms with Gasteiger partial charge in [-0.05, 0) is 19.4 Å². The molecule has 1 heterocycles. The smallest absolute Gasteiger partial charge is 0.100 e. The van der Waals surface area contributed by atoms with Crippen LogP contribution in [0.5, 0.6) is 0 Å². The van der Waals surface area contributed by atoms with E-state index in [0.29, 0.717) is 5.88 Å². The molecule has 0 fully saturated rings. The maximum Gasteiger partial charge on any atom is 0.100 e. The van der Waals surface area contributed by atoms with E-state index in [0.717, 1.165) is 17.9 Å². The number of benzene rings is 1. The summed E-state index contributed by atoms with van der Waals surface area (Å²) in [6, 6.07) is 8.42. The van der Waals surface area contributed by atoms with Crippen molar-refractivity contribution in [3.8, 4) is 0 Å². The zero-order valence-electron chi connectivity index (χ0n) is 9.44. The third-order valence-electron chi connectivity index (χ3n) is 2.66. The molecule has 0 saturated carbocycles. The van der Waals surface area contributed by atoms with Gasteiger partial charge in [-0.15, -0.1) is 16.7 Å². The second kappa shape index (κ2) is 4.66. The lowest BCUT2D eigenvalue weighted by Crippen LogP contribution is -2.04. The molecule has 0 N–H and O–H groups in total. The molecule has 0 amide bonds. The van der Waals surface area contributed by atoms with Crippen LogP contribution in [-0.4, -0.2) is 15.0 Å². The minimum absolute atomic E-state index is 0.416. The van der Waals surface area contributed by atoms with Gasteiger partial charge in [0.05, 0.1) is 18.1 Å². The molecule has 0 unspecified atom stereocenters. The van der Waals surface area contributed by atoms with Crippen LogP contribution in [-0.2, 0) is 12.4 Å². The number of rotatable bonds is 3. The molecule has 0 atom stereocenters. The molecule has 16 heavy (non-hydrogen) atoms. The van der Waals surface area contributed by atoms with Gasteiger partial charge in [0.25, 0.3) is 0 Å². The monoisotopic (exact) mass is 235 g/mol. The average molecular weight is 236 g/mol. The normalized spacial score (nSPS) is 10.7. The van der Waals surface area contributed by atoms with Crippen LogP contribution in [0.1, 0.15) is 22.5 Å². The van der Waals surface area contributed by atoms with E-state index in [1.54, 1.807) is 0 Å². The van der Waals surface area contributed by atoms with Crippen molar-refractivity contribution in [1.82, 2.24) is 15.0 Å². The highest BCUT2D eigenvalue weighted by molar-refractivity contribution is 6.16. The Balaban J connectivity index is 2.20. The van der Waals surface area contributed by atoms with Gasteiger partial charge in [-0.2, -0.15) is 0 Å². The van der Waals surface area contributed by atoms with Gasteiger partial charge in [-0.25, -0.2) is 4.68 Å². The maximum atomic E-state index is 5.75. The minimum atomic E-state index is 0.416. The summed E-state index contributed by atoms with van der Waals surface area (Å²) in [4.78, 5) is 0. The predicted octanol–water partition coefficient (Wildman–Crippen LogP) is 2.68. The summed E-state index contributed by atoms with van der Waals surface area (Å²) < 4.78 is 1.88. The summed E-state index contributed by atoms with van der Waals surface area (Å²) >= 11 is 5.75. The molecule has 0 aliphatic rings. The molecular formula is C12H14ClN3. The van der Waals surface area contributed by atoms with Gasteiger partial charge in [0.2, 0.25) is 0 Å². The molecule has 0 bridgehead atoms. The number of aryl methyl sites for hydroxylation is 1. The van der Waals surface area contributed by atoms with Gasteiger partial charge in [-0.3, -0.25) is 0 Å². The van der Waals surface area contributed by atoms with Gasteiger partial charge in [0.15, 0.2) is 0 Å².